The van der Waals surface area contributed by atoms with Gasteiger partial charge in [0.15, 0.2) is 0 Å². The van der Waals surface area contributed by atoms with Crippen molar-refractivity contribution in [2.24, 2.45) is 0 Å². The van der Waals surface area contributed by atoms with Crippen LogP contribution in [0.25, 0.3) is 5.69 Å². The number of aromatic carboxylic acids is 1. The first kappa shape index (κ1) is 16.4. The Morgan fingerprint density at radius 3 is 2.92 bits per heavy atom. The van der Waals surface area contributed by atoms with Crippen molar-refractivity contribution in [1.82, 2.24) is 4.57 Å². The van der Waals surface area contributed by atoms with Gasteiger partial charge in [-0.05, 0) is 34.5 Å². The minimum atomic E-state index is -1.07. The molecule has 2 N–H and O–H groups in total. The first-order valence-electron chi connectivity index (χ1n) is 8.03. The first-order chi connectivity index (χ1) is 12.6. The molecule has 6 nitrogen and oxygen atoms in total. The van der Waals surface area contributed by atoms with Crippen molar-refractivity contribution in [2.75, 3.05) is 12.4 Å². The van der Waals surface area contributed by atoms with Gasteiger partial charge in [0.05, 0.1) is 18.5 Å². The summed E-state index contributed by atoms with van der Waals surface area (Å²) in [6.45, 7) is 0. The molecule has 0 radical (unpaired) electrons. The molecule has 1 unspecified atom stereocenters. The second kappa shape index (κ2) is 6.34. The van der Waals surface area contributed by atoms with Gasteiger partial charge in [0.1, 0.15) is 11.3 Å². The lowest BCUT2D eigenvalue weighted by molar-refractivity contribution is -0.116. The summed E-state index contributed by atoms with van der Waals surface area (Å²) in [5, 5.41) is 16.3. The van der Waals surface area contributed by atoms with Crippen molar-refractivity contribution >= 4 is 28.9 Å². The van der Waals surface area contributed by atoms with Crippen LogP contribution in [0.1, 0.15) is 34.0 Å². The maximum atomic E-state index is 12.2. The Bertz CT molecular complexity index is 991. The Kier molecular flexibility index (Phi) is 4.00. The number of fused-ring (bicyclic) bond motifs is 1. The largest absolute Gasteiger partial charge is 0.497 e. The molecule has 3 aromatic rings. The van der Waals surface area contributed by atoms with E-state index in [1.807, 2.05) is 45.7 Å². The van der Waals surface area contributed by atoms with E-state index in [0.717, 1.165) is 16.9 Å². The smallest absolute Gasteiger partial charge is 0.339 e. The zero-order chi connectivity index (χ0) is 18.3. The standard InChI is InChI=1S/C19H16N2O4S/c1-25-13-4-2-3-12(7-13)21-9-15(19(23)24)17-18(21)14(8-16(22)20-17)11-5-6-26-10-11/h2-7,9-10,14H,8H2,1H3,(H,20,22)(H,23,24). The summed E-state index contributed by atoms with van der Waals surface area (Å²) in [7, 11) is 1.58. The number of thiophene rings is 1. The highest BCUT2D eigenvalue weighted by Crippen LogP contribution is 2.42. The SMILES string of the molecule is COc1cccc(-n2cc(C(=O)O)c3c2C(c2ccsc2)CC(=O)N3)c1. The Labute approximate surface area is 153 Å². The fourth-order valence-corrected chi connectivity index (χ4v) is 4.07. The lowest BCUT2D eigenvalue weighted by Crippen LogP contribution is -2.25. The normalized spacial score (nSPS) is 16.0. The highest BCUT2D eigenvalue weighted by atomic mass is 32.1. The van der Waals surface area contributed by atoms with Gasteiger partial charge in [-0.2, -0.15) is 11.3 Å². The second-order valence-electron chi connectivity index (χ2n) is 6.04. The van der Waals surface area contributed by atoms with Crippen LogP contribution in [0, 0.1) is 0 Å². The molecule has 0 fully saturated rings. The Hall–Kier alpha value is -3.06. The molecule has 1 atom stereocenters. The lowest BCUT2D eigenvalue weighted by atomic mass is 9.90. The Balaban J connectivity index is 1.97. The first-order valence-corrected chi connectivity index (χ1v) is 8.97. The van der Waals surface area contributed by atoms with Crippen LogP contribution in [0.15, 0.2) is 47.3 Å². The average molecular weight is 368 g/mol. The highest BCUT2D eigenvalue weighted by molar-refractivity contribution is 7.08. The summed E-state index contributed by atoms with van der Waals surface area (Å²) in [6, 6.07) is 9.38. The molecule has 1 aliphatic rings. The third kappa shape index (κ3) is 2.66. The van der Waals surface area contributed by atoms with Crippen LogP contribution < -0.4 is 10.1 Å². The molecule has 0 aliphatic carbocycles. The molecule has 26 heavy (non-hydrogen) atoms. The number of hydrogen-bond acceptors (Lipinski definition) is 4. The molecule has 0 spiro atoms. The van der Waals surface area contributed by atoms with Crippen LogP contribution >= 0.6 is 11.3 Å². The van der Waals surface area contributed by atoms with E-state index in [1.165, 1.54) is 0 Å². The van der Waals surface area contributed by atoms with E-state index in [2.05, 4.69) is 5.32 Å². The number of carboxylic acid groups (broad SMARTS) is 1. The summed E-state index contributed by atoms with van der Waals surface area (Å²) in [6.07, 6.45) is 1.84. The summed E-state index contributed by atoms with van der Waals surface area (Å²) >= 11 is 1.55. The van der Waals surface area contributed by atoms with Crippen LogP contribution in [-0.2, 0) is 4.79 Å². The molecule has 0 saturated carbocycles. The van der Waals surface area contributed by atoms with E-state index < -0.39 is 5.97 Å². The van der Waals surface area contributed by atoms with Crippen molar-refractivity contribution in [2.45, 2.75) is 12.3 Å². The van der Waals surface area contributed by atoms with Crippen LogP contribution in [-0.4, -0.2) is 28.7 Å². The number of carbonyl (C=O) groups excluding carboxylic acids is 1. The van der Waals surface area contributed by atoms with Crippen LogP contribution in [0.3, 0.4) is 0 Å². The number of carbonyl (C=O) groups is 2. The van der Waals surface area contributed by atoms with Crippen molar-refractivity contribution in [3.05, 3.63) is 64.1 Å². The van der Waals surface area contributed by atoms with E-state index in [0.29, 0.717) is 11.4 Å². The molecule has 7 heteroatoms. The van der Waals surface area contributed by atoms with Gasteiger partial charge in [0, 0.05) is 30.3 Å². The Morgan fingerprint density at radius 2 is 2.23 bits per heavy atom. The number of rotatable bonds is 4. The number of hydrogen-bond donors (Lipinski definition) is 2. The van der Waals surface area contributed by atoms with Gasteiger partial charge in [-0.1, -0.05) is 6.07 Å². The lowest BCUT2D eigenvalue weighted by Gasteiger charge is -2.25. The van der Waals surface area contributed by atoms with E-state index in [4.69, 9.17) is 4.74 Å². The number of nitrogens with one attached hydrogen (secondary N) is 1. The molecule has 2 aromatic heterocycles. The maximum Gasteiger partial charge on any atom is 0.339 e. The van der Waals surface area contributed by atoms with Gasteiger partial charge in [-0.15, -0.1) is 0 Å². The fourth-order valence-electron chi connectivity index (χ4n) is 3.35. The zero-order valence-electron chi connectivity index (χ0n) is 13.9. The van der Waals surface area contributed by atoms with Gasteiger partial charge < -0.3 is 19.7 Å². The van der Waals surface area contributed by atoms with Gasteiger partial charge in [-0.3, -0.25) is 4.79 Å². The van der Waals surface area contributed by atoms with Crippen molar-refractivity contribution in [3.8, 4) is 11.4 Å². The molecule has 1 aliphatic heterocycles. The monoisotopic (exact) mass is 368 g/mol. The summed E-state index contributed by atoms with van der Waals surface area (Å²) in [4.78, 5) is 24.0. The number of nitrogens with zero attached hydrogens (tertiary/aromatic N) is 1. The summed E-state index contributed by atoms with van der Waals surface area (Å²) in [5.74, 6) is -0.785. The molecule has 132 valence electrons. The summed E-state index contributed by atoms with van der Waals surface area (Å²) in [5.41, 5.74) is 3.01. The number of anilines is 1. The highest BCUT2D eigenvalue weighted by Gasteiger charge is 2.34. The minimum Gasteiger partial charge on any atom is -0.497 e. The predicted molar refractivity (Wildman–Crippen MR) is 98.7 cm³/mol. The molecule has 1 amide bonds. The van der Waals surface area contributed by atoms with Crippen molar-refractivity contribution in [3.63, 3.8) is 0 Å². The molecule has 3 heterocycles. The topological polar surface area (TPSA) is 80.6 Å². The third-order valence-corrected chi connectivity index (χ3v) is 5.24. The summed E-state index contributed by atoms with van der Waals surface area (Å²) < 4.78 is 7.13. The van der Waals surface area contributed by atoms with E-state index in [-0.39, 0.29) is 23.8 Å². The number of aromatic nitrogens is 1. The second-order valence-corrected chi connectivity index (χ2v) is 6.82. The molecular weight excluding hydrogens is 352 g/mol. The van der Waals surface area contributed by atoms with E-state index in [1.54, 1.807) is 24.6 Å². The van der Waals surface area contributed by atoms with Gasteiger partial charge in [0.2, 0.25) is 5.91 Å². The molecule has 0 bridgehead atoms. The maximum absolute atomic E-state index is 12.2. The minimum absolute atomic E-state index is 0.0797. The number of methoxy groups -OCH3 is 1. The number of benzene rings is 1. The fraction of sp³-hybridized carbons (Fsp3) is 0.158. The van der Waals surface area contributed by atoms with E-state index >= 15 is 0 Å². The molecule has 4 rings (SSSR count). The quantitative estimate of drug-likeness (QED) is 0.735. The van der Waals surface area contributed by atoms with E-state index in [9.17, 15) is 14.7 Å². The van der Waals surface area contributed by atoms with Crippen LogP contribution in [0.2, 0.25) is 0 Å². The number of carboxylic acids is 1. The van der Waals surface area contributed by atoms with Crippen molar-refractivity contribution in [1.29, 1.82) is 0 Å². The predicted octanol–water partition coefficient (Wildman–Crippen LogP) is 3.72. The van der Waals surface area contributed by atoms with Gasteiger partial charge in [-0.25, -0.2) is 4.79 Å². The number of ether oxygens (including phenoxy) is 1. The van der Waals surface area contributed by atoms with Gasteiger partial charge >= 0.3 is 5.97 Å². The van der Waals surface area contributed by atoms with Crippen LogP contribution in [0.5, 0.6) is 5.75 Å². The molecule has 0 saturated heterocycles. The molecular formula is C19H16N2O4S. The third-order valence-electron chi connectivity index (χ3n) is 4.53. The average Bonchev–Trinajstić information content (AvgIpc) is 3.29. The van der Waals surface area contributed by atoms with Crippen LogP contribution in [0.4, 0.5) is 5.69 Å². The number of amides is 1. The zero-order valence-corrected chi connectivity index (χ0v) is 14.7. The van der Waals surface area contributed by atoms with Crippen molar-refractivity contribution < 1.29 is 19.4 Å². The Morgan fingerprint density at radius 1 is 1.38 bits per heavy atom. The molecule has 1 aromatic carbocycles. The van der Waals surface area contributed by atoms with Gasteiger partial charge in [0.25, 0.3) is 0 Å².